The molecule has 25 heavy (non-hydrogen) atoms. The van der Waals surface area contributed by atoms with Crippen LogP contribution >= 0.6 is 11.8 Å². The quantitative estimate of drug-likeness (QED) is 0.603. The highest BCUT2D eigenvalue weighted by molar-refractivity contribution is 7.99. The molecule has 1 amide bonds. The first-order chi connectivity index (χ1) is 12.1. The number of carbonyl (C=O) groups excluding carboxylic acids is 1. The number of hydrogen-bond acceptors (Lipinski definition) is 3. The van der Waals surface area contributed by atoms with E-state index in [1.807, 2.05) is 30.0 Å². The van der Waals surface area contributed by atoms with Crippen molar-refractivity contribution in [2.75, 3.05) is 38.7 Å². The molecule has 1 aromatic rings. The van der Waals surface area contributed by atoms with E-state index in [1.54, 1.807) is 19.0 Å². The van der Waals surface area contributed by atoms with Crippen LogP contribution < -0.4 is 10.6 Å². The first-order valence-electron chi connectivity index (χ1n) is 9.03. The lowest BCUT2D eigenvalue weighted by Gasteiger charge is -2.24. The Labute approximate surface area is 155 Å². The minimum Gasteiger partial charge on any atom is -0.357 e. The topological polar surface area (TPSA) is 56.7 Å². The second-order valence-corrected chi connectivity index (χ2v) is 7.62. The van der Waals surface area contributed by atoms with Gasteiger partial charge in [0.15, 0.2) is 5.96 Å². The monoisotopic (exact) mass is 362 g/mol. The first-order valence-corrected chi connectivity index (χ1v) is 10.2. The van der Waals surface area contributed by atoms with Crippen molar-refractivity contribution in [1.29, 1.82) is 0 Å². The van der Waals surface area contributed by atoms with Crippen molar-refractivity contribution in [2.45, 2.75) is 32.2 Å². The van der Waals surface area contributed by atoms with Gasteiger partial charge in [0.2, 0.25) is 0 Å². The van der Waals surface area contributed by atoms with E-state index < -0.39 is 0 Å². The van der Waals surface area contributed by atoms with Gasteiger partial charge in [0, 0.05) is 44.5 Å². The number of nitrogens with zero attached hydrogens (tertiary/aromatic N) is 2. The molecule has 0 radical (unpaired) electrons. The van der Waals surface area contributed by atoms with Gasteiger partial charge in [0.1, 0.15) is 0 Å². The number of carbonyl (C=O) groups is 1. The van der Waals surface area contributed by atoms with Gasteiger partial charge in [-0.15, -0.1) is 0 Å². The average molecular weight is 363 g/mol. The number of benzene rings is 1. The van der Waals surface area contributed by atoms with Crippen molar-refractivity contribution in [3.63, 3.8) is 0 Å². The van der Waals surface area contributed by atoms with Crippen molar-refractivity contribution < 1.29 is 4.79 Å². The zero-order valence-electron chi connectivity index (χ0n) is 15.5. The van der Waals surface area contributed by atoms with E-state index >= 15 is 0 Å². The molecule has 1 heterocycles. The molecule has 5 nitrogen and oxygen atoms in total. The summed E-state index contributed by atoms with van der Waals surface area (Å²) in [5.74, 6) is 3.36. The van der Waals surface area contributed by atoms with Crippen molar-refractivity contribution in [1.82, 2.24) is 15.5 Å². The summed E-state index contributed by atoms with van der Waals surface area (Å²) in [5, 5.41) is 6.87. The summed E-state index contributed by atoms with van der Waals surface area (Å²) >= 11 is 2.01. The molecule has 0 saturated carbocycles. The number of aliphatic imine (C=N–C) groups is 1. The number of thioether (sulfide) groups is 1. The van der Waals surface area contributed by atoms with Crippen LogP contribution in [0.1, 0.15) is 35.7 Å². The molecule has 0 spiro atoms. The predicted octanol–water partition coefficient (Wildman–Crippen LogP) is 2.38. The normalized spacial score (nSPS) is 17.9. The Balaban J connectivity index is 1.92. The summed E-state index contributed by atoms with van der Waals surface area (Å²) < 4.78 is 0. The molecule has 1 aliphatic rings. The maximum Gasteiger partial charge on any atom is 0.253 e. The maximum atomic E-state index is 12.1. The van der Waals surface area contributed by atoms with Crippen LogP contribution in [-0.4, -0.2) is 61.5 Å². The largest absolute Gasteiger partial charge is 0.357 e. The fraction of sp³-hybridized carbons (Fsp3) is 0.579. The van der Waals surface area contributed by atoms with Gasteiger partial charge in [-0.2, -0.15) is 11.8 Å². The van der Waals surface area contributed by atoms with E-state index in [0.29, 0.717) is 12.6 Å². The third-order valence-electron chi connectivity index (χ3n) is 4.10. The van der Waals surface area contributed by atoms with Crippen molar-refractivity contribution in [3.8, 4) is 0 Å². The Morgan fingerprint density at radius 2 is 2.24 bits per heavy atom. The highest BCUT2D eigenvalue weighted by Gasteiger charge is 2.14. The molecular formula is C19H30N4OS. The van der Waals surface area contributed by atoms with Crippen LogP contribution in [0.15, 0.2) is 29.3 Å². The number of guanidine groups is 1. The maximum absolute atomic E-state index is 12.1. The number of nitrogens with one attached hydrogen (secondary N) is 2. The van der Waals surface area contributed by atoms with E-state index in [2.05, 4.69) is 23.6 Å². The van der Waals surface area contributed by atoms with Crippen molar-refractivity contribution >= 4 is 23.6 Å². The third-order valence-corrected chi connectivity index (χ3v) is 5.31. The second kappa shape index (κ2) is 10.3. The summed E-state index contributed by atoms with van der Waals surface area (Å²) in [7, 11) is 3.55. The van der Waals surface area contributed by atoms with Gasteiger partial charge in [0.25, 0.3) is 5.91 Å². The van der Waals surface area contributed by atoms with Crippen molar-refractivity contribution in [2.24, 2.45) is 4.99 Å². The van der Waals surface area contributed by atoms with Gasteiger partial charge in [-0.1, -0.05) is 12.1 Å². The number of hydrogen-bond donors (Lipinski definition) is 2. The van der Waals surface area contributed by atoms with E-state index in [0.717, 1.165) is 35.8 Å². The Kier molecular flexibility index (Phi) is 8.12. The summed E-state index contributed by atoms with van der Waals surface area (Å²) in [6.45, 7) is 3.65. The first kappa shape index (κ1) is 19.6. The average Bonchev–Trinajstić information content (AvgIpc) is 2.62. The molecule has 6 heteroatoms. The van der Waals surface area contributed by atoms with Crippen LogP contribution in [0.5, 0.6) is 0 Å². The lowest BCUT2D eigenvalue weighted by molar-refractivity contribution is 0.0827. The van der Waals surface area contributed by atoms with E-state index in [9.17, 15) is 4.79 Å². The Hall–Kier alpha value is -1.69. The number of rotatable bonds is 6. The summed E-state index contributed by atoms with van der Waals surface area (Å²) in [6.07, 6.45) is 3.31. The lowest BCUT2D eigenvalue weighted by atomic mass is 10.1. The van der Waals surface area contributed by atoms with Crippen LogP contribution in [0.3, 0.4) is 0 Å². The van der Waals surface area contributed by atoms with Crippen LogP contribution in [-0.2, 0) is 6.42 Å². The molecule has 0 aromatic heterocycles. The van der Waals surface area contributed by atoms with Gasteiger partial charge < -0.3 is 15.5 Å². The highest BCUT2D eigenvalue weighted by Crippen LogP contribution is 2.16. The van der Waals surface area contributed by atoms with Crippen LogP contribution in [0.2, 0.25) is 0 Å². The lowest BCUT2D eigenvalue weighted by Crippen LogP contribution is -2.45. The van der Waals surface area contributed by atoms with E-state index in [4.69, 9.17) is 4.99 Å². The molecule has 1 fully saturated rings. The highest BCUT2D eigenvalue weighted by atomic mass is 32.2. The molecule has 2 rings (SSSR count). The molecule has 1 unspecified atom stereocenters. The molecule has 1 saturated heterocycles. The zero-order valence-corrected chi connectivity index (χ0v) is 16.4. The second-order valence-electron chi connectivity index (χ2n) is 6.47. The fourth-order valence-electron chi connectivity index (χ4n) is 2.78. The molecule has 1 aliphatic heterocycles. The molecule has 0 aliphatic carbocycles. The smallest absolute Gasteiger partial charge is 0.253 e. The molecule has 1 atom stereocenters. The van der Waals surface area contributed by atoms with Gasteiger partial charge >= 0.3 is 0 Å². The summed E-state index contributed by atoms with van der Waals surface area (Å²) in [5.41, 5.74) is 1.87. The van der Waals surface area contributed by atoms with Gasteiger partial charge in [-0.05, 0) is 49.6 Å². The molecular weight excluding hydrogens is 332 g/mol. The SMILES string of the molecule is CCNC(=NCCc1cccc(C(=O)N(C)C)c1)NC1CCCSC1. The Bertz CT molecular complexity index is 583. The van der Waals surface area contributed by atoms with Crippen LogP contribution in [0, 0.1) is 0 Å². The van der Waals surface area contributed by atoms with E-state index in [-0.39, 0.29) is 5.91 Å². The van der Waals surface area contributed by atoms with E-state index in [1.165, 1.54) is 18.6 Å². The van der Waals surface area contributed by atoms with Crippen LogP contribution in [0.25, 0.3) is 0 Å². The Morgan fingerprint density at radius 3 is 2.92 bits per heavy atom. The minimum atomic E-state index is 0.0372. The number of amides is 1. The predicted molar refractivity (Wildman–Crippen MR) is 108 cm³/mol. The summed E-state index contributed by atoms with van der Waals surface area (Å²) in [4.78, 5) is 18.4. The fourth-order valence-corrected chi connectivity index (χ4v) is 3.85. The summed E-state index contributed by atoms with van der Waals surface area (Å²) in [6, 6.07) is 8.34. The molecule has 1 aromatic carbocycles. The van der Waals surface area contributed by atoms with Gasteiger partial charge in [-0.25, -0.2) is 0 Å². The van der Waals surface area contributed by atoms with Crippen molar-refractivity contribution in [3.05, 3.63) is 35.4 Å². The molecule has 138 valence electrons. The molecule has 0 bridgehead atoms. The molecule has 2 N–H and O–H groups in total. The Morgan fingerprint density at radius 1 is 1.40 bits per heavy atom. The van der Waals surface area contributed by atoms with Crippen LogP contribution in [0.4, 0.5) is 0 Å². The van der Waals surface area contributed by atoms with Gasteiger partial charge in [0.05, 0.1) is 0 Å². The van der Waals surface area contributed by atoms with Gasteiger partial charge in [-0.3, -0.25) is 9.79 Å². The third kappa shape index (κ3) is 6.61. The zero-order chi connectivity index (χ0) is 18.1. The standard InChI is InChI=1S/C19H30N4OS/c1-4-20-19(22-17-9-6-12-25-14-17)21-11-10-15-7-5-8-16(13-15)18(24)23(2)3/h5,7-8,13,17H,4,6,9-12,14H2,1-3H3,(H2,20,21,22). The minimum absolute atomic E-state index is 0.0372.